The minimum absolute atomic E-state index is 0.0887. The van der Waals surface area contributed by atoms with Gasteiger partial charge >= 0.3 is 0 Å². The standard InChI is InChI=1S/C14H17N5O/c20-14(11-7-13-15-3-6-19(13)9-16-11)17-12-8-18-4-1-10(12)2-5-18/h3,6-7,9-10,12H,1-2,4-5,8H2,(H,17,20)/t12-/m0/s1. The van der Waals surface area contributed by atoms with Crippen LogP contribution in [0.2, 0.25) is 0 Å². The molecule has 6 heteroatoms. The van der Waals surface area contributed by atoms with Gasteiger partial charge in [0.1, 0.15) is 17.7 Å². The van der Waals surface area contributed by atoms with Gasteiger partial charge in [-0.05, 0) is 31.8 Å². The fraction of sp³-hybridized carbons (Fsp3) is 0.500. The van der Waals surface area contributed by atoms with Gasteiger partial charge in [0.2, 0.25) is 0 Å². The van der Waals surface area contributed by atoms with Gasteiger partial charge in [-0.25, -0.2) is 9.97 Å². The largest absolute Gasteiger partial charge is 0.346 e. The molecule has 0 aliphatic carbocycles. The quantitative estimate of drug-likeness (QED) is 0.866. The maximum atomic E-state index is 12.3. The van der Waals surface area contributed by atoms with Gasteiger partial charge in [0, 0.05) is 31.0 Å². The maximum absolute atomic E-state index is 12.3. The molecular weight excluding hydrogens is 254 g/mol. The van der Waals surface area contributed by atoms with Crippen molar-refractivity contribution in [2.45, 2.75) is 18.9 Å². The highest BCUT2D eigenvalue weighted by molar-refractivity contribution is 5.93. The second-order valence-corrected chi connectivity index (χ2v) is 5.68. The van der Waals surface area contributed by atoms with E-state index in [-0.39, 0.29) is 11.9 Å². The molecule has 1 amide bonds. The van der Waals surface area contributed by atoms with E-state index in [0.29, 0.717) is 11.6 Å². The Morgan fingerprint density at radius 2 is 2.15 bits per heavy atom. The van der Waals surface area contributed by atoms with E-state index in [0.717, 1.165) is 12.2 Å². The van der Waals surface area contributed by atoms with E-state index < -0.39 is 0 Å². The zero-order chi connectivity index (χ0) is 13.5. The van der Waals surface area contributed by atoms with Crippen LogP contribution in [0.15, 0.2) is 24.8 Å². The van der Waals surface area contributed by atoms with Crippen LogP contribution in [0, 0.1) is 5.92 Å². The van der Waals surface area contributed by atoms with Gasteiger partial charge in [0.05, 0.1) is 0 Å². The molecule has 3 fully saturated rings. The minimum atomic E-state index is -0.0887. The van der Waals surface area contributed by atoms with Crippen LogP contribution in [0.3, 0.4) is 0 Å². The first-order chi connectivity index (χ1) is 9.79. The molecule has 0 spiro atoms. The summed E-state index contributed by atoms with van der Waals surface area (Å²) in [6, 6.07) is 2.00. The second-order valence-electron chi connectivity index (χ2n) is 5.68. The van der Waals surface area contributed by atoms with Crippen LogP contribution < -0.4 is 5.32 Å². The molecule has 2 aromatic heterocycles. The number of amides is 1. The van der Waals surface area contributed by atoms with Crippen molar-refractivity contribution in [1.29, 1.82) is 0 Å². The molecule has 2 bridgehead atoms. The molecule has 2 aromatic rings. The zero-order valence-electron chi connectivity index (χ0n) is 11.2. The number of nitrogens with one attached hydrogen (secondary N) is 1. The number of piperidine rings is 3. The van der Waals surface area contributed by atoms with Crippen molar-refractivity contribution >= 4 is 11.6 Å². The molecule has 3 aliphatic heterocycles. The fourth-order valence-electron chi connectivity index (χ4n) is 3.31. The molecule has 5 rings (SSSR count). The van der Waals surface area contributed by atoms with E-state index >= 15 is 0 Å². The molecule has 3 aliphatic rings. The molecule has 1 atom stereocenters. The first kappa shape index (κ1) is 11.8. The molecule has 0 saturated carbocycles. The summed E-state index contributed by atoms with van der Waals surface area (Å²) in [5.74, 6) is 0.536. The van der Waals surface area contributed by atoms with E-state index in [1.54, 1.807) is 23.0 Å². The van der Waals surface area contributed by atoms with Crippen molar-refractivity contribution < 1.29 is 4.79 Å². The van der Waals surface area contributed by atoms with Crippen LogP contribution in [0.5, 0.6) is 0 Å². The summed E-state index contributed by atoms with van der Waals surface area (Å²) in [5.41, 5.74) is 1.19. The predicted molar refractivity (Wildman–Crippen MR) is 73.4 cm³/mol. The molecule has 104 valence electrons. The molecule has 1 N–H and O–H groups in total. The van der Waals surface area contributed by atoms with E-state index in [1.165, 1.54) is 25.9 Å². The third kappa shape index (κ3) is 1.96. The summed E-state index contributed by atoms with van der Waals surface area (Å²) in [7, 11) is 0. The summed E-state index contributed by atoms with van der Waals surface area (Å²) in [5, 5.41) is 3.14. The molecule has 5 heterocycles. The smallest absolute Gasteiger partial charge is 0.270 e. The van der Waals surface area contributed by atoms with Crippen molar-refractivity contribution in [3.63, 3.8) is 0 Å². The van der Waals surface area contributed by atoms with Crippen LogP contribution in [-0.4, -0.2) is 50.9 Å². The fourth-order valence-corrected chi connectivity index (χ4v) is 3.31. The number of fused-ring (bicyclic) bond motifs is 4. The number of carbonyl (C=O) groups is 1. The normalized spacial score (nSPS) is 28.7. The first-order valence-electron chi connectivity index (χ1n) is 7.11. The van der Waals surface area contributed by atoms with Gasteiger partial charge in [0.25, 0.3) is 5.91 Å². The lowest BCUT2D eigenvalue weighted by molar-refractivity contribution is 0.0617. The van der Waals surface area contributed by atoms with Crippen molar-refractivity contribution in [3.05, 3.63) is 30.5 Å². The van der Waals surface area contributed by atoms with Crippen LogP contribution in [0.25, 0.3) is 5.65 Å². The summed E-state index contributed by atoms with van der Waals surface area (Å²) in [6.07, 6.45) is 7.53. The minimum Gasteiger partial charge on any atom is -0.346 e. The summed E-state index contributed by atoms with van der Waals surface area (Å²) >= 11 is 0. The van der Waals surface area contributed by atoms with Crippen molar-refractivity contribution in [2.24, 2.45) is 5.92 Å². The monoisotopic (exact) mass is 271 g/mol. The number of rotatable bonds is 2. The van der Waals surface area contributed by atoms with E-state index in [4.69, 9.17) is 0 Å². The average Bonchev–Trinajstić information content (AvgIpc) is 2.96. The lowest BCUT2D eigenvalue weighted by Crippen LogP contribution is -2.57. The highest BCUT2D eigenvalue weighted by Gasteiger charge is 2.35. The Balaban J connectivity index is 1.52. The lowest BCUT2D eigenvalue weighted by atomic mass is 9.84. The van der Waals surface area contributed by atoms with Crippen LogP contribution in [0.1, 0.15) is 23.3 Å². The second kappa shape index (κ2) is 4.56. The van der Waals surface area contributed by atoms with Gasteiger partial charge < -0.3 is 10.2 Å². The number of hydrogen-bond acceptors (Lipinski definition) is 4. The third-order valence-corrected chi connectivity index (χ3v) is 4.49. The van der Waals surface area contributed by atoms with Gasteiger partial charge in [-0.1, -0.05) is 0 Å². The SMILES string of the molecule is O=C(N[C@H]1CN2CCC1CC2)c1cc2nccn2cn1. The zero-order valence-corrected chi connectivity index (χ0v) is 11.2. The Bertz CT molecular complexity index is 644. The topological polar surface area (TPSA) is 62.5 Å². The Morgan fingerprint density at radius 3 is 2.90 bits per heavy atom. The van der Waals surface area contributed by atoms with E-state index in [2.05, 4.69) is 20.2 Å². The van der Waals surface area contributed by atoms with E-state index in [1.807, 2.05) is 6.20 Å². The Labute approximate surface area is 116 Å². The number of carbonyl (C=O) groups excluding carboxylic acids is 1. The predicted octanol–water partition coefficient (Wildman–Crippen LogP) is 0.553. The molecule has 3 saturated heterocycles. The highest BCUT2D eigenvalue weighted by Crippen LogP contribution is 2.27. The lowest BCUT2D eigenvalue weighted by Gasteiger charge is -2.44. The van der Waals surface area contributed by atoms with Gasteiger partial charge in [-0.15, -0.1) is 0 Å². The van der Waals surface area contributed by atoms with E-state index in [9.17, 15) is 4.79 Å². The number of nitrogens with zero attached hydrogens (tertiary/aromatic N) is 4. The first-order valence-corrected chi connectivity index (χ1v) is 7.11. The Morgan fingerprint density at radius 1 is 1.30 bits per heavy atom. The van der Waals surface area contributed by atoms with Crippen molar-refractivity contribution in [1.82, 2.24) is 24.6 Å². The highest BCUT2D eigenvalue weighted by atomic mass is 16.2. The number of aromatic nitrogens is 3. The van der Waals surface area contributed by atoms with Crippen LogP contribution in [-0.2, 0) is 0 Å². The molecule has 20 heavy (non-hydrogen) atoms. The molecule has 6 nitrogen and oxygen atoms in total. The van der Waals surface area contributed by atoms with Crippen LogP contribution >= 0.6 is 0 Å². The Hall–Kier alpha value is -1.95. The van der Waals surface area contributed by atoms with Crippen LogP contribution in [0.4, 0.5) is 0 Å². The number of imidazole rings is 1. The summed E-state index contributed by atoms with van der Waals surface area (Å²) in [4.78, 5) is 23.1. The average molecular weight is 271 g/mol. The summed E-state index contributed by atoms with van der Waals surface area (Å²) in [6.45, 7) is 3.33. The maximum Gasteiger partial charge on any atom is 0.270 e. The van der Waals surface area contributed by atoms with Gasteiger partial charge in [0.15, 0.2) is 0 Å². The molecule has 0 radical (unpaired) electrons. The summed E-state index contributed by atoms with van der Waals surface area (Å²) < 4.78 is 1.80. The molecular formula is C14H17N5O. The Kier molecular flexibility index (Phi) is 2.70. The van der Waals surface area contributed by atoms with Gasteiger partial charge in [-0.3, -0.25) is 9.20 Å². The number of hydrogen-bond donors (Lipinski definition) is 1. The van der Waals surface area contributed by atoms with Gasteiger partial charge in [-0.2, -0.15) is 0 Å². The third-order valence-electron chi connectivity index (χ3n) is 4.49. The molecule has 0 aromatic carbocycles. The molecule has 0 unspecified atom stereocenters. The van der Waals surface area contributed by atoms with Crippen molar-refractivity contribution in [2.75, 3.05) is 19.6 Å². The van der Waals surface area contributed by atoms with Crippen molar-refractivity contribution in [3.8, 4) is 0 Å².